The Bertz CT molecular complexity index is 464. The normalized spacial score (nSPS) is 10.3. The van der Waals surface area contributed by atoms with Gasteiger partial charge in [-0.3, -0.25) is 4.79 Å². The number of nitrogens with one attached hydrogen (secondary N) is 1. The SMILES string of the molecule is NCCNC(=O)c1ncsc1-c1ccsc1. The molecule has 2 aromatic heterocycles. The first kappa shape index (κ1) is 11.3. The van der Waals surface area contributed by atoms with Gasteiger partial charge in [0.2, 0.25) is 0 Å². The quantitative estimate of drug-likeness (QED) is 0.869. The topological polar surface area (TPSA) is 68.0 Å². The van der Waals surface area contributed by atoms with E-state index in [0.29, 0.717) is 18.8 Å². The Morgan fingerprint density at radius 2 is 2.44 bits per heavy atom. The van der Waals surface area contributed by atoms with E-state index < -0.39 is 0 Å². The molecule has 0 aromatic carbocycles. The molecular formula is C10H11N3OS2. The van der Waals surface area contributed by atoms with Gasteiger partial charge in [0, 0.05) is 18.7 Å². The lowest BCUT2D eigenvalue weighted by atomic mass is 10.2. The third-order valence-electron chi connectivity index (χ3n) is 2.00. The van der Waals surface area contributed by atoms with Gasteiger partial charge in [0.25, 0.3) is 5.91 Å². The van der Waals surface area contributed by atoms with Crippen LogP contribution in [0, 0.1) is 0 Å². The van der Waals surface area contributed by atoms with Gasteiger partial charge in [-0.15, -0.1) is 11.3 Å². The molecule has 4 nitrogen and oxygen atoms in total. The highest BCUT2D eigenvalue weighted by Crippen LogP contribution is 2.29. The number of nitrogens with zero attached hydrogens (tertiary/aromatic N) is 1. The van der Waals surface area contributed by atoms with Crippen molar-refractivity contribution in [3.8, 4) is 10.4 Å². The molecule has 0 aliphatic carbocycles. The maximum absolute atomic E-state index is 11.8. The molecule has 0 radical (unpaired) electrons. The lowest BCUT2D eigenvalue weighted by molar-refractivity contribution is 0.0951. The number of thiophene rings is 1. The van der Waals surface area contributed by atoms with E-state index >= 15 is 0 Å². The summed E-state index contributed by atoms with van der Waals surface area (Å²) in [6.07, 6.45) is 0. The predicted molar refractivity (Wildman–Crippen MR) is 66.8 cm³/mol. The molecule has 84 valence electrons. The van der Waals surface area contributed by atoms with E-state index in [4.69, 9.17) is 5.73 Å². The van der Waals surface area contributed by atoms with Crippen LogP contribution in [-0.4, -0.2) is 24.0 Å². The summed E-state index contributed by atoms with van der Waals surface area (Å²) in [5.74, 6) is -0.159. The lowest BCUT2D eigenvalue weighted by Gasteiger charge is -2.02. The molecule has 1 amide bonds. The van der Waals surface area contributed by atoms with Crippen LogP contribution in [-0.2, 0) is 0 Å². The fraction of sp³-hybridized carbons (Fsp3) is 0.200. The fourth-order valence-electron chi connectivity index (χ4n) is 1.28. The molecule has 0 aliphatic rings. The molecule has 0 saturated carbocycles. The molecule has 6 heteroatoms. The maximum Gasteiger partial charge on any atom is 0.271 e. The Labute approximate surface area is 101 Å². The standard InChI is InChI=1S/C10H11N3OS2/c11-2-3-12-10(14)8-9(16-6-13-8)7-1-4-15-5-7/h1,4-6H,2-3,11H2,(H,12,14). The first-order valence-electron chi connectivity index (χ1n) is 4.77. The van der Waals surface area contributed by atoms with Gasteiger partial charge in [-0.2, -0.15) is 11.3 Å². The van der Waals surface area contributed by atoms with Crippen LogP contribution in [0.15, 0.2) is 22.3 Å². The van der Waals surface area contributed by atoms with Gasteiger partial charge < -0.3 is 11.1 Å². The number of aromatic nitrogens is 1. The molecule has 2 heterocycles. The van der Waals surface area contributed by atoms with Crippen LogP contribution in [0.3, 0.4) is 0 Å². The largest absolute Gasteiger partial charge is 0.349 e. The predicted octanol–water partition coefficient (Wildman–Crippen LogP) is 1.56. The van der Waals surface area contributed by atoms with Crippen molar-refractivity contribution in [1.29, 1.82) is 0 Å². The summed E-state index contributed by atoms with van der Waals surface area (Å²) in [5, 5.41) is 6.71. The number of thiazole rings is 1. The van der Waals surface area contributed by atoms with Crippen LogP contribution in [0.5, 0.6) is 0 Å². The first-order chi connectivity index (χ1) is 7.83. The molecule has 0 fully saturated rings. The highest BCUT2D eigenvalue weighted by molar-refractivity contribution is 7.14. The van der Waals surface area contributed by atoms with E-state index in [1.807, 2.05) is 16.8 Å². The van der Waals surface area contributed by atoms with Crippen LogP contribution in [0.1, 0.15) is 10.5 Å². The van der Waals surface area contributed by atoms with E-state index in [9.17, 15) is 4.79 Å². The number of hydrogen-bond acceptors (Lipinski definition) is 5. The number of carbonyl (C=O) groups excluding carboxylic acids is 1. The van der Waals surface area contributed by atoms with Crippen molar-refractivity contribution in [2.45, 2.75) is 0 Å². The molecule has 0 aliphatic heterocycles. The van der Waals surface area contributed by atoms with Crippen molar-refractivity contribution in [2.75, 3.05) is 13.1 Å². The second-order valence-corrected chi connectivity index (χ2v) is 4.72. The summed E-state index contributed by atoms with van der Waals surface area (Å²) in [6, 6.07) is 1.98. The lowest BCUT2D eigenvalue weighted by Crippen LogP contribution is -2.29. The Balaban J connectivity index is 2.23. The summed E-state index contributed by atoms with van der Waals surface area (Å²) in [6.45, 7) is 0.906. The van der Waals surface area contributed by atoms with Crippen LogP contribution < -0.4 is 11.1 Å². The van der Waals surface area contributed by atoms with Crippen LogP contribution in [0.4, 0.5) is 0 Å². The van der Waals surface area contributed by atoms with Crippen LogP contribution in [0.2, 0.25) is 0 Å². The van der Waals surface area contributed by atoms with Crippen molar-refractivity contribution < 1.29 is 4.79 Å². The second-order valence-electron chi connectivity index (χ2n) is 3.09. The Morgan fingerprint density at radius 1 is 1.56 bits per heavy atom. The summed E-state index contributed by atoms with van der Waals surface area (Å²) in [5.41, 5.74) is 8.55. The van der Waals surface area contributed by atoms with Crippen LogP contribution >= 0.6 is 22.7 Å². The highest BCUT2D eigenvalue weighted by atomic mass is 32.1. The zero-order valence-corrected chi connectivity index (χ0v) is 10.1. The third kappa shape index (κ3) is 2.29. The summed E-state index contributed by atoms with van der Waals surface area (Å²) in [7, 11) is 0. The number of nitrogens with two attached hydrogens (primary N) is 1. The number of carbonyl (C=O) groups is 1. The zero-order chi connectivity index (χ0) is 11.4. The monoisotopic (exact) mass is 253 g/mol. The Kier molecular flexibility index (Phi) is 3.66. The van der Waals surface area contributed by atoms with E-state index in [-0.39, 0.29) is 5.91 Å². The Morgan fingerprint density at radius 3 is 3.12 bits per heavy atom. The molecule has 3 N–H and O–H groups in total. The highest BCUT2D eigenvalue weighted by Gasteiger charge is 2.15. The molecule has 2 aromatic rings. The van der Waals surface area contributed by atoms with E-state index in [0.717, 1.165) is 10.4 Å². The van der Waals surface area contributed by atoms with E-state index in [1.54, 1.807) is 16.8 Å². The van der Waals surface area contributed by atoms with Gasteiger partial charge in [-0.25, -0.2) is 4.98 Å². The van der Waals surface area contributed by atoms with Gasteiger partial charge in [0.1, 0.15) is 5.69 Å². The summed E-state index contributed by atoms with van der Waals surface area (Å²) in [4.78, 5) is 16.8. The third-order valence-corrected chi connectivity index (χ3v) is 3.55. The fourth-order valence-corrected chi connectivity index (χ4v) is 2.78. The maximum atomic E-state index is 11.8. The minimum absolute atomic E-state index is 0.159. The van der Waals surface area contributed by atoms with Gasteiger partial charge in [-0.1, -0.05) is 0 Å². The summed E-state index contributed by atoms with van der Waals surface area (Å²) >= 11 is 3.08. The van der Waals surface area contributed by atoms with Crippen molar-refractivity contribution in [3.63, 3.8) is 0 Å². The van der Waals surface area contributed by atoms with Gasteiger partial charge in [0.05, 0.1) is 10.4 Å². The van der Waals surface area contributed by atoms with E-state index in [2.05, 4.69) is 10.3 Å². The molecule has 0 saturated heterocycles. The number of hydrogen-bond donors (Lipinski definition) is 2. The molecule has 0 spiro atoms. The number of amides is 1. The Hall–Kier alpha value is -1.24. The number of rotatable bonds is 4. The minimum atomic E-state index is -0.159. The average Bonchev–Trinajstić information content (AvgIpc) is 2.94. The van der Waals surface area contributed by atoms with Gasteiger partial charge in [0.15, 0.2) is 0 Å². The molecule has 0 unspecified atom stereocenters. The molecular weight excluding hydrogens is 242 g/mol. The van der Waals surface area contributed by atoms with Crippen molar-refractivity contribution >= 4 is 28.6 Å². The van der Waals surface area contributed by atoms with Gasteiger partial charge in [-0.05, 0) is 16.8 Å². The van der Waals surface area contributed by atoms with Crippen molar-refractivity contribution in [3.05, 3.63) is 28.0 Å². The van der Waals surface area contributed by atoms with Crippen molar-refractivity contribution in [2.24, 2.45) is 5.73 Å². The van der Waals surface area contributed by atoms with E-state index in [1.165, 1.54) is 11.3 Å². The molecule has 16 heavy (non-hydrogen) atoms. The van der Waals surface area contributed by atoms with Crippen LogP contribution in [0.25, 0.3) is 10.4 Å². The van der Waals surface area contributed by atoms with Crippen molar-refractivity contribution in [1.82, 2.24) is 10.3 Å². The average molecular weight is 253 g/mol. The van der Waals surface area contributed by atoms with Gasteiger partial charge >= 0.3 is 0 Å². The zero-order valence-electron chi connectivity index (χ0n) is 8.47. The first-order valence-corrected chi connectivity index (χ1v) is 6.59. The molecule has 0 atom stereocenters. The molecule has 0 bridgehead atoms. The minimum Gasteiger partial charge on any atom is -0.349 e. The molecule has 2 rings (SSSR count). The smallest absolute Gasteiger partial charge is 0.271 e. The summed E-state index contributed by atoms with van der Waals surface area (Å²) < 4.78 is 0. The second kappa shape index (κ2) is 5.20.